The lowest BCUT2D eigenvalue weighted by molar-refractivity contribution is -0.142. The Morgan fingerprint density at radius 2 is 2.29 bits per heavy atom. The van der Waals surface area contributed by atoms with Gasteiger partial charge < -0.3 is 14.2 Å². The molecule has 0 aromatic rings. The maximum Gasteiger partial charge on any atom is 0.306 e. The van der Waals surface area contributed by atoms with Gasteiger partial charge >= 0.3 is 5.97 Å². The van der Waals surface area contributed by atoms with Crippen molar-refractivity contribution in [2.75, 3.05) is 14.2 Å². The van der Waals surface area contributed by atoms with E-state index in [0.29, 0.717) is 6.42 Å². The third kappa shape index (κ3) is 2.55. The van der Waals surface area contributed by atoms with Crippen LogP contribution in [0.3, 0.4) is 0 Å². The smallest absolute Gasteiger partial charge is 0.306 e. The number of fused-ring (bicyclic) bond motifs is 1. The molecule has 0 spiro atoms. The lowest BCUT2D eigenvalue weighted by atomic mass is 9.89. The van der Waals surface area contributed by atoms with Crippen molar-refractivity contribution in [3.05, 3.63) is 12.2 Å². The molecule has 1 aliphatic carbocycles. The van der Waals surface area contributed by atoms with E-state index in [-0.39, 0.29) is 30.0 Å². The van der Waals surface area contributed by atoms with Gasteiger partial charge in [-0.05, 0) is 0 Å². The van der Waals surface area contributed by atoms with Crippen LogP contribution in [0.2, 0.25) is 0 Å². The van der Waals surface area contributed by atoms with Gasteiger partial charge in [0.2, 0.25) is 0 Å². The van der Waals surface area contributed by atoms with Gasteiger partial charge in [-0.1, -0.05) is 12.2 Å². The molecule has 1 unspecified atom stereocenters. The minimum absolute atomic E-state index is 0.000805. The largest absolute Gasteiger partial charge is 0.462 e. The molecule has 5 heteroatoms. The quantitative estimate of drug-likeness (QED) is 0.408. The summed E-state index contributed by atoms with van der Waals surface area (Å²) < 4.78 is 15.7. The van der Waals surface area contributed by atoms with Crippen LogP contribution in [0, 0.1) is 11.8 Å². The third-order valence-corrected chi connectivity index (χ3v) is 3.65. The zero-order valence-electron chi connectivity index (χ0n) is 10.2. The zero-order chi connectivity index (χ0) is 12.4. The SMILES string of the molecule is [B]C(/C=C/[C@@H]1[C@H]2CC(=O)O[C@H]2C[C@H]1OC)OC. The summed E-state index contributed by atoms with van der Waals surface area (Å²) in [6.07, 6.45) is 5.14. The van der Waals surface area contributed by atoms with E-state index in [4.69, 9.17) is 22.1 Å². The average molecular weight is 236 g/mol. The molecule has 1 aliphatic heterocycles. The number of hydrogen-bond acceptors (Lipinski definition) is 4. The van der Waals surface area contributed by atoms with E-state index in [0.717, 1.165) is 6.42 Å². The van der Waals surface area contributed by atoms with Gasteiger partial charge in [0.1, 0.15) is 14.0 Å². The number of carbonyl (C=O) groups is 1. The second-order valence-corrected chi connectivity index (χ2v) is 4.57. The molecule has 0 aromatic heterocycles. The topological polar surface area (TPSA) is 44.8 Å². The van der Waals surface area contributed by atoms with E-state index in [1.165, 1.54) is 0 Å². The molecule has 2 fully saturated rings. The van der Waals surface area contributed by atoms with Crippen molar-refractivity contribution < 1.29 is 19.0 Å². The molecule has 1 saturated heterocycles. The summed E-state index contributed by atoms with van der Waals surface area (Å²) in [6, 6.07) is -0.412. The Bertz CT molecular complexity index is 318. The van der Waals surface area contributed by atoms with E-state index in [1.54, 1.807) is 14.2 Å². The zero-order valence-corrected chi connectivity index (χ0v) is 10.2. The summed E-state index contributed by atoms with van der Waals surface area (Å²) in [5, 5.41) is 0. The number of hydrogen-bond donors (Lipinski definition) is 0. The Kier molecular flexibility index (Phi) is 3.89. The van der Waals surface area contributed by atoms with Gasteiger partial charge in [0.15, 0.2) is 0 Å². The van der Waals surface area contributed by atoms with Crippen LogP contribution in [0.25, 0.3) is 0 Å². The monoisotopic (exact) mass is 236 g/mol. The van der Waals surface area contributed by atoms with Crippen LogP contribution in [0.4, 0.5) is 0 Å². The van der Waals surface area contributed by atoms with Gasteiger partial charge in [-0.3, -0.25) is 4.79 Å². The molecule has 2 rings (SSSR count). The summed E-state index contributed by atoms with van der Waals surface area (Å²) in [6.45, 7) is 0. The molecule has 0 aromatic carbocycles. The van der Waals surface area contributed by atoms with Gasteiger partial charge in [0.25, 0.3) is 0 Å². The molecular weight excluding hydrogens is 219 g/mol. The third-order valence-electron chi connectivity index (χ3n) is 3.65. The minimum Gasteiger partial charge on any atom is -0.462 e. The Morgan fingerprint density at radius 1 is 1.53 bits per heavy atom. The Hall–Kier alpha value is -0.805. The predicted octanol–water partition coefficient (Wildman–Crippen LogP) is 0.650. The second kappa shape index (κ2) is 5.23. The molecule has 1 heterocycles. The van der Waals surface area contributed by atoms with Crippen LogP contribution in [0.15, 0.2) is 12.2 Å². The van der Waals surface area contributed by atoms with Crippen molar-refractivity contribution >= 4 is 13.8 Å². The van der Waals surface area contributed by atoms with E-state index in [1.807, 2.05) is 12.2 Å². The maximum absolute atomic E-state index is 11.3. The Morgan fingerprint density at radius 3 is 2.94 bits per heavy atom. The summed E-state index contributed by atoms with van der Waals surface area (Å²) in [5.41, 5.74) is 0. The number of ether oxygens (including phenoxy) is 3. The first-order chi connectivity index (χ1) is 8.15. The van der Waals surface area contributed by atoms with Gasteiger partial charge in [-0.15, -0.1) is 0 Å². The highest BCUT2D eigenvalue weighted by molar-refractivity contribution is 6.12. The summed E-state index contributed by atoms with van der Waals surface area (Å²) in [5.74, 6) is 0.286. The first-order valence-electron chi connectivity index (χ1n) is 5.84. The Balaban J connectivity index is 2.06. The second-order valence-electron chi connectivity index (χ2n) is 4.57. The summed E-state index contributed by atoms with van der Waals surface area (Å²) in [4.78, 5) is 11.3. The van der Waals surface area contributed by atoms with Gasteiger partial charge in [-0.25, -0.2) is 0 Å². The standard InChI is InChI=1S/C12H17BO4/c1-15-9-6-10-8(5-12(14)17-10)7(9)3-4-11(13)16-2/h3-4,7-11H,5-6H2,1-2H3/b4-3+/t7-,8-,9-,10+,11?/m1/s1. The van der Waals surface area contributed by atoms with Crippen LogP contribution in [0.5, 0.6) is 0 Å². The molecule has 1 saturated carbocycles. The highest BCUT2D eigenvalue weighted by Gasteiger charge is 2.49. The van der Waals surface area contributed by atoms with Crippen molar-refractivity contribution in [3.63, 3.8) is 0 Å². The summed E-state index contributed by atoms with van der Waals surface area (Å²) in [7, 11) is 8.90. The molecule has 5 atom stereocenters. The first kappa shape index (κ1) is 12.6. The van der Waals surface area contributed by atoms with Gasteiger partial charge in [0, 0.05) is 38.5 Å². The molecule has 17 heavy (non-hydrogen) atoms. The van der Waals surface area contributed by atoms with E-state index in [9.17, 15) is 4.79 Å². The predicted molar refractivity (Wildman–Crippen MR) is 62.6 cm³/mol. The fourth-order valence-electron chi connectivity index (χ4n) is 2.73. The van der Waals surface area contributed by atoms with Crippen LogP contribution in [-0.2, 0) is 19.0 Å². The minimum atomic E-state index is -0.412. The fourth-order valence-corrected chi connectivity index (χ4v) is 2.73. The Labute approximate surface area is 103 Å². The lowest BCUT2D eigenvalue weighted by Gasteiger charge is -2.18. The van der Waals surface area contributed by atoms with E-state index in [2.05, 4.69) is 0 Å². The van der Waals surface area contributed by atoms with Crippen molar-refractivity contribution in [2.45, 2.75) is 31.1 Å². The molecule has 0 N–H and O–H groups in total. The maximum atomic E-state index is 11.3. The van der Waals surface area contributed by atoms with Gasteiger partial charge in [-0.2, -0.15) is 0 Å². The molecule has 0 bridgehead atoms. The normalized spacial score (nSPS) is 38.4. The van der Waals surface area contributed by atoms with Crippen molar-refractivity contribution in [1.82, 2.24) is 0 Å². The first-order valence-corrected chi connectivity index (χ1v) is 5.84. The van der Waals surface area contributed by atoms with Crippen LogP contribution < -0.4 is 0 Å². The number of methoxy groups -OCH3 is 2. The van der Waals surface area contributed by atoms with E-state index < -0.39 is 6.00 Å². The average Bonchev–Trinajstić information content (AvgIpc) is 2.81. The molecule has 92 valence electrons. The van der Waals surface area contributed by atoms with Crippen LogP contribution in [-0.4, -0.2) is 46.2 Å². The van der Waals surface area contributed by atoms with Crippen LogP contribution >= 0.6 is 0 Å². The van der Waals surface area contributed by atoms with E-state index >= 15 is 0 Å². The molecule has 2 radical (unpaired) electrons. The lowest BCUT2D eigenvalue weighted by Crippen LogP contribution is -2.20. The van der Waals surface area contributed by atoms with Crippen LogP contribution in [0.1, 0.15) is 12.8 Å². The van der Waals surface area contributed by atoms with Gasteiger partial charge in [0.05, 0.1) is 12.5 Å². The fraction of sp³-hybridized carbons (Fsp3) is 0.750. The van der Waals surface area contributed by atoms with Crippen molar-refractivity contribution in [3.8, 4) is 0 Å². The highest BCUT2D eigenvalue weighted by Crippen LogP contribution is 2.43. The number of esters is 1. The molecule has 2 aliphatic rings. The van der Waals surface area contributed by atoms with Crippen molar-refractivity contribution in [1.29, 1.82) is 0 Å². The highest BCUT2D eigenvalue weighted by atomic mass is 16.6. The number of rotatable bonds is 4. The molecule has 0 amide bonds. The molecule has 4 nitrogen and oxygen atoms in total. The molecular formula is C12H17BO4. The van der Waals surface area contributed by atoms with Crippen molar-refractivity contribution in [2.24, 2.45) is 11.8 Å². The number of carbonyl (C=O) groups excluding carboxylic acids is 1. The summed E-state index contributed by atoms with van der Waals surface area (Å²) >= 11 is 0.